The molecule has 0 aromatic heterocycles. The van der Waals surface area contributed by atoms with Crippen molar-refractivity contribution in [3.63, 3.8) is 0 Å². The first-order valence-electron chi connectivity index (χ1n) is 7.00. The minimum Gasteiger partial charge on any atom is -0.298 e. The summed E-state index contributed by atoms with van der Waals surface area (Å²) in [5.41, 5.74) is 3.08. The van der Waals surface area contributed by atoms with Crippen molar-refractivity contribution in [2.75, 3.05) is 7.05 Å². The third-order valence-corrected chi connectivity index (χ3v) is 4.54. The van der Waals surface area contributed by atoms with Gasteiger partial charge in [-0.05, 0) is 23.3 Å². The summed E-state index contributed by atoms with van der Waals surface area (Å²) in [5, 5.41) is 0. The molecule has 1 aliphatic rings. The summed E-state index contributed by atoms with van der Waals surface area (Å²) < 4.78 is 0.992. The van der Waals surface area contributed by atoms with Crippen LogP contribution in [0.15, 0.2) is 64.1 Å². The maximum absolute atomic E-state index is 12.9. The molecule has 2 unspecified atom stereocenters. The molecule has 21 heavy (non-hydrogen) atoms. The van der Waals surface area contributed by atoms with Gasteiger partial charge in [0, 0.05) is 29.6 Å². The lowest BCUT2D eigenvalue weighted by Crippen LogP contribution is -2.14. The largest absolute Gasteiger partial charge is 0.298 e. The zero-order valence-corrected chi connectivity index (χ0v) is 13.4. The number of halogens is 1. The second-order valence-electron chi connectivity index (χ2n) is 5.27. The number of hydrogen-bond donors (Lipinski definition) is 0. The van der Waals surface area contributed by atoms with E-state index in [1.54, 1.807) is 7.05 Å². The molecule has 2 nitrogen and oxygen atoms in total. The number of aliphatic imine (C=N–C) groups is 1. The van der Waals surface area contributed by atoms with E-state index in [0.29, 0.717) is 0 Å². The van der Waals surface area contributed by atoms with Crippen molar-refractivity contribution in [2.45, 2.75) is 18.3 Å². The summed E-state index contributed by atoms with van der Waals surface area (Å²) in [6, 6.07) is 18.0. The van der Waals surface area contributed by atoms with E-state index in [2.05, 4.69) is 20.9 Å². The quantitative estimate of drug-likeness (QED) is 0.797. The van der Waals surface area contributed by atoms with E-state index in [4.69, 9.17) is 0 Å². The zero-order valence-electron chi connectivity index (χ0n) is 11.8. The molecule has 0 heterocycles. The molecular weight excluding hydrogens is 326 g/mol. The van der Waals surface area contributed by atoms with Crippen molar-refractivity contribution >= 4 is 27.4 Å². The van der Waals surface area contributed by atoms with Crippen LogP contribution in [-0.4, -0.2) is 18.5 Å². The van der Waals surface area contributed by atoms with E-state index in [9.17, 15) is 4.79 Å². The maximum Gasteiger partial charge on any atom is 0.153 e. The van der Waals surface area contributed by atoms with Crippen LogP contribution in [0.25, 0.3) is 0 Å². The van der Waals surface area contributed by atoms with Gasteiger partial charge in [0.25, 0.3) is 0 Å². The van der Waals surface area contributed by atoms with Gasteiger partial charge in [-0.3, -0.25) is 9.79 Å². The molecule has 1 fully saturated rings. The van der Waals surface area contributed by atoms with E-state index >= 15 is 0 Å². The number of nitrogens with zero attached hydrogens (tertiary/aromatic N) is 1. The predicted molar refractivity (Wildman–Crippen MR) is 89.0 cm³/mol. The van der Waals surface area contributed by atoms with Crippen LogP contribution in [0, 0.1) is 0 Å². The topological polar surface area (TPSA) is 29.4 Å². The van der Waals surface area contributed by atoms with Gasteiger partial charge in [0.1, 0.15) is 0 Å². The van der Waals surface area contributed by atoms with Crippen LogP contribution in [0.2, 0.25) is 0 Å². The Morgan fingerprint density at radius 3 is 2.43 bits per heavy atom. The molecule has 2 atom stereocenters. The lowest BCUT2D eigenvalue weighted by Gasteiger charge is -2.11. The van der Waals surface area contributed by atoms with Gasteiger partial charge >= 0.3 is 0 Å². The molecule has 0 bridgehead atoms. The van der Waals surface area contributed by atoms with E-state index in [-0.39, 0.29) is 17.6 Å². The Morgan fingerprint density at radius 1 is 1.05 bits per heavy atom. The van der Waals surface area contributed by atoms with Gasteiger partial charge in [-0.1, -0.05) is 58.4 Å². The van der Waals surface area contributed by atoms with Gasteiger partial charge in [0.2, 0.25) is 0 Å². The highest BCUT2D eigenvalue weighted by Gasteiger charge is 2.40. The summed E-state index contributed by atoms with van der Waals surface area (Å²) in [5.74, 6) is -0.0357. The molecule has 0 N–H and O–H groups in total. The minimum absolute atomic E-state index is 0.0751. The van der Waals surface area contributed by atoms with Crippen LogP contribution in [-0.2, 0) is 4.79 Å². The normalized spacial score (nSPS) is 23.7. The molecule has 3 rings (SSSR count). The van der Waals surface area contributed by atoms with Gasteiger partial charge in [-0.2, -0.15) is 0 Å². The number of benzene rings is 2. The van der Waals surface area contributed by atoms with Crippen molar-refractivity contribution in [3.05, 3.63) is 70.2 Å². The third-order valence-electron chi connectivity index (χ3n) is 4.05. The Morgan fingerprint density at radius 2 is 1.76 bits per heavy atom. The van der Waals surface area contributed by atoms with Gasteiger partial charge in [0.05, 0.1) is 5.92 Å². The van der Waals surface area contributed by atoms with Crippen molar-refractivity contribution in [2.24, 2.45) is 4.99 Å². The molecular formula is C18H16BrNO. The lowest BCUT2D eigenvalue weighted by molar-refractivity contribution is -0.119. The first kappa shape index (κ1) is 14.2. The summed E-state index contributed by atoms with van der Waals surface area (Å²) in [6.07, 6.45) is 0.719. The van der Waals surface area contributed by atoms with Crippen LogP contribution >= 0.6 is 15.9 Å². The fourth-order valence-electron chi connectivity index (χ4n) is 3.02. The van der Waals surface area contributed by atoms with E-state index in [1.165, 1.54) is 0 Å². The molecule has 2 aromatic rings. The van der Waals surface area contributed by atoms with Gasteiger partial charge in [-0.15, -0.1) is 0 Å². The minimum atomic E-state index is -0.210. The van der Waals surface area contributed by atoms with Crippen molar-refractivity contribution in [1.29, 1.82) is 0 Å². The summed E-state index contributed by atoms with van der Waals surface area (Å²) in [7, 11) is 1.78. The average Bonchev–Trinajstić information content (AvgIpc) is 2.85. The van der Waals surface area contributed by atoms with Crippen molar-refractivity contribution in [3.8, 4) is 0 Å². The highest BCUT2D eigenvalue weighted by molar-refractivity contribution is 9.10. The highest BCUT2D eigenvalue weighted by atomic mass is 79.9. The van der Waals surface area contributed by atoms with Crippen LogP contribution in [0.1, 0.15) is 29.4 Å². The van der Waals surface area contributed by atoms with E-state index in [1.807, 2.05) is 54.6 Å². The Balaban J connectivity index is 2.00. The highest BCUT2D eigenvalue weighted by Crippen LogP contribution is 2.39. The Bertz CT molecular complexity index is 693. The molecule has 0 spiro atoms. The SMILES string of the molecule is CN=C1CC(c2ccccc2)C(=O)C1c1cccc(Br)c1. The molecule has 1 aliphatic carbocycles. The first-order chi connectivity index (χ1) is 10.2. The molecule has 0 amide bonds. The van der Waals surface area contributed by atoms with Gasteiger partial charge < -0.3 is 0 Å². The van der Waals surface area contributed by atoms with Crippen LogP contribution in [0.4, 0.5) is 0 Å². The first-order valence-corrected chi connectivity index (χ1v) is 7.79. The summed E-state index contributed by atoms with van der Waals surface area (Å²) >= 11 is 3.48. The number of ketones is 1. The molecule has 0 radical (unpaired) electrons. The third kappa shape index (κ3) is 2.70. The fourth-order valence-corrected chi connectivity index (χ4v) is 3.44. The Hall–Kier alpha value is -1.74. The fraction of sp³-hybridized carbons (Fsp3) is 0.222. The van der Waals surface area contributed by atoms with Crippen LogP contribution < -0.4 is 0 Å². The molecule has 106 valence electrons. The zero-order chi connectivity index (χ0) is 14.8. The maximum atomic E-state index is 12.9. The second-order valence-corrected chi connectivity index (χ2v) is 6.19. The second kappa shape index (κ2) is 5.94. The predicted octanol–water partition coefficient (Wildman–Crippen LogP) is 4.36. The number of carbonyl (C=O) groups is 1. The molecule has 2 aromatic carbocycles. The van der Waals surface area contributed by atoms with Crippen molar-refractivity contribution in [1.82, 2.24) is 0 Å². The average molecular weight is 342 g/mol. The van der Waals surface area contributed by atoms with E-state index < -0.39 is 0 Å². The van der Waals surface area contributed by atoms with Gasteiger partial charge in [0.15, 0.2) is 5.78 Å². The number of Topliss-reactive ketones (excluding diaryl/α,β-unsaturated/α-hetero) is 1. The van der Waals surface area contributed by atoms with E-state index in [0.717, 1.165) is 27.7 Å². The number of rotatable bonds is 2. The number of carbonyl (C=O) groups excluding carboxylic acids is 1. The Labute approximate surface area is 133 Å². The smallest absolute Gasteiger partial charge is 0.153 e. The monoisotopic (exact) mass is 341 g/mol. The van der Waals surface area contributed by atoms with Crippen LogP contribution in [0.5, 0.6) is 0 Å². The standard InChI is InChI=1S/C18H16BrNO/c1-20-16-11-15(12-6-3-2-4-7-12)18(21)17(16)13-8-5-9-14(19)10-13/h2-10,15,17H,11H2,1H3. The lowest BCUT2D eigenvalue weighted by atomic mass is 9.91. The summed E-state index contributed by atoms with van der Waals surface area (Å²) in [4.78, 5) is 17.3. The van der Waals surface area contributed by atoms with Crippen molar-refractivity contribution < 1.29 is 4.79 Å². The molecule has 3 heteroatoms. The van der Waals surface area contributed by atoms with Crippen LogP contribution in [0.3, 0.4) is 0 Å². The summed E-state index contributed by atoms with van der Waals surface area (Å²) in [6.45, 7) is 0. The molecule has 0 saturated heterocycles. The molecule has 1 saturated carbocycles. The molecule has 0 aliphatic heterocycles. The Kier molecular flexibility index (Phi) is 4.02. The number of hydrogen-bond acceptors (Lipinski definition) is 2. The van der Waals surface area contributed by atoms with Gasteiger partial charge in [-0.25, -0.2) is 0 Å².